The van der Waals surface area contributed by atoms with Crippen LogP contribution in [0.1, 0.15) is 0 Å². The molecule has 0 aliphatic carbocycles. The van der Waals surface area contributed by atoms with Crippen LogP contribution in [0.2, 0.25) is 10.0 Å². The molecule has 138 valence electrons. The summed E-state index contributed by atoms with van der Waals surface area (Å²) in [5.41, 5.74) is 0.492. The van der Waals surface area contributed by atoms with E-state index in [0.717, 1.165) is 0 Å². The summed E-state index contributed by atoms with van der Waals surface area (Å²) in [4.78, 5) is 13.9. The fraction of sp³-hybridized carbons (Fsp3) is 0.235. The van der Waals surface area contributed by atoms with Gasteiger partial charge in [-0.05, 0) is 42.5 Å². The van der Waals surface area contributed by atoms with Crippen LogP contribution in [0.5, 0.6) is 5.75 Å². The molecule has 1 fully saturated rings. The second kappa shape index (κ2) is 7.34. The standard InChI is InChI=1S/C17H16Cl2N2O4S/c1-25-12-3-5-13(6-4-12)26(23,24)14-9-21(10-14)17(22)20-11-2-7-15(18)16(19)8-11/h2-8,14H,9-10H2,1H3,(H,20,22). The van der Waals surface area contributed by atoms with Crippen molar-refractivity contribution in [1.82, 2.24) is 4.90 Å². The summed E-state index contributed by atoms with van der Waals surface area (Å²) in [6, 6.07) is 10.6. The van der Waals surface area contributed by atoms with Gasteiger partial charge in [-0.3, -0.25) is 0 Å². The zero-order chi connectivity index (χ0) is 18.9. The lowest BCUT2D eigenvalue weighted by molar-refractivity contribution is 0.182. The summed E-state index contributed by atoms with van der Waals surface area (Å²) in [6.07, 6.45) is 0. The number of amides is 2. The van der Waals surface area contributed by atoms with Crippen LogP contribution >= 0.6 is 23.2 Å². The van der Waals surface area contributed by atoms with Crippen LogP contribution in [0.15, 0.2) is 47.4 Å². The highest BCUT2D eigenvalue weighted by Crippen LogP contribution is 2.27. The number of ether oxygens (including phenoxy) is 1. The molecule has 1 aliphatic heterocycles. The first-order valence-corrected chi connectivity index (χ1v) is 10.0. The first-order valence-electron chi connectivity index (χ1n) is 7.70. The summed E-state index contributed by atoms with van der Waals surface area (Å²) >= 11 is 11.7. The van der Waals surface area contributed by atoms with E-state index in [2.05, 4.69) is 5.32 Å². The molecule has 3 rings (SSSR count). The van der Waals surface area contributed by atoms with Crippen molar-refractivity contribution in [3.8, 4) is 5.75 Å². The second-order valence-electron chi connectivity index (χ2n) is 5.81. The highest BCUT2D eigenvalue weighted by atomic mass is 35.5. The van der Waals surface area contributed by atoms with Crippen LogP contribution in [-0.4, -0.2) is 44.8 Å². The fourth-order valence-corrected chi connectivity index (χ4v) is 4.49. The van der Waals surface area contributed by atoms with E-state index in [1.165, 1.54) is 30.2 Å². The maximum absolute atomic E-state index is 12.6. The number of hydrogen-bond acceptors (Lipinski definition) is 4. The Bertz CT molecular complexity index is 926. The van der Waals surface area contributed by atoms with E-state index in [0.29, 0.717) is 21.5 Å². The molecule has 0 radical (unpaired) electrons. The van der Waals surface area contributed by atoms with Crippen molar-refractivity contribution in [3.05, 3.63) is 52.5 Å². The van der Waals surface area contributed by atoms with Crippen molar-refractivity contribution < 1.29 is 17.9 Å². The number of methoxy groups -OCH3 is 1. The van der Waals surface area contributed by atoms with Gasteiger partial charge in [-0.2, -0.15) is 0 Å². The summed E-state index contributed by atoms with van der Waals surface area (Å²) in [5, 5.41) is 2.76. The minimum atomic E-state index is -3.49. The first kappa shape index (κ1) is 18.8. The van der Waals surface area contributed by atoms with Gasteiger partial charge in [0.2, 0.25) is 0 Å². The number of halogens is 2. The van der Waals surface area contributed by atoms with Gasteiger partial charge in [0.05, 0.1) is 22.1 Å². The van der Waals surface area contributed by atoms with Crippen LogP contribution in [0.4, 0.5) is 10.5 Å². The summed E-state index contributed by atoms with van der Waals surface area (Å²) in [7, 11) is -1.98. The number of carbonyl (C=O) groups is 1. The molecule has 0 atom stereocenters. The average Bonchev–Trinajstić information content (AvgIpc) is 2.56. The number of sulfone groups is 1. The van der Waals surface area contributed by atoms with Gasteiger partial charge in [-0.15, -0.1) is 0 Å². The summed E-state index contributed by atoms with van der Waals surface area (Å²) in [5.74, 6) is 0.584. The molecule has 2 aromatic carbocycles. The molecule has 0 bridgehead atoms. The number of benzene rings is 2. The van der Waals surface area contributed by atoms with Gasteiger partial charge < -0.3 is 15.0 Å². The topological polar surface area (TPSA) is 75.7 Å². The number of hydrogen-bond donors (Lipinski definition) is 1. The highest BCUT2D eigenvalue weighted by molar-refractivity contribution is 7.92. The Labute approximate surface area is 161 Å². The molecule has 0 saturated carbocycles. The monoisotopic (exact) mass is 414 g/mol. The van der Waals surface area contributed by atoms with Crippen molar-refractivity contribution in [1.29, 1.82) is 0 Å². The highest BCUT2D eigenvalue weighted by Gasteiger charge is 2.40. The Balaban J connectivity index is 1.61. The van der Waals surface area contributed by atoms with E-state index in [4.69, 9.17) is 27.9 Å². The van der Waals surface area contributed by atoms with Crippen molar-refractivity contribution in [2.24, 2.45) is 0 Å². The minimum Gasteiger partial charge on any atom is -0.497 e. The number of likely N-dealkylation sites (tertiary alicyclic amines) is 1. The molecule has 2 amide bonds. The van der Waals surface area contributed by atoms with E-state index in [1.54, 1.807) is 24.3 Å². The molecule has 0 spiro atoms. The minimum absolute atomic E-state index is 0.127. The Hall–Kier alpha value is -1.96. The zero-order valence-electron chi connectivity index (χ0n) is 13.8. The summed E-state index contributed by atoms with van der Waals surface area (Å²) in [6.45, 7) is 0.253. The van der Waals surface area contributed by atoms with Crippen molar-refractivity contribution in [2.75, 3.05) is 25.5 Å². The Morgan fingerprint density at radius 3 is 2.35 bits per heavy atom. The van der Waals surface area contributed by atoms with Gasteiger partial charge in [-0.25, -0.2) is 13.2 Å². The third kappa shape index (κ3) is 3.75. The first-order chi connectivity index (χ1) is 12.3. The van der Waals surface area contributed by atoms with Crippen LogP contribution in [0.25, 0.3) is 0 Å². The van der Waals surface area contributed by atoms with Gasteiger partial charge in [0.25, 0.3) is 0 Å². The lowest BCUT2D eigenvalue weighted by Crippen LogP contribution is -2.58. The van der Waals surface area contributed by atoms with Gasteiger partial charge in [0, 0.05) is 18.8 Å². The number of anilines is 1. The third-order valence-corrected chi connectivity index (χ3v) is 6.98. The number of nitrogens with one attached hydrogen (secondary N) is 1. The Kier molecular flexibility index (Phi) is 5.32. The molecule has 2 aromatic rings. The zero-order valence-corrected chi connectivity index (χ0v) is 16.1. The molecule has 1 N–H and O–H groups in total. The van der Waals surface area contributed by atoms with E-state index < -0.39 is 15.1 Å². The molecule has 1 aliphatic rings. The molecule has 1 heterocycles. The molecule has 26 heavy (non-hydrogen) atoms. The third-order valence-electron chi connectivity index (χ3n) is 4.13. The molecule has 6 nitrogen and oxygen atoms in total. The molecular weight excluding hydrogens is 399 g/mol. The lowest BCUT2D eigenvalue weighted by atomic mass is 10.2. The van der Waals surface area contributed by atoms with Crippen molar-refractivity contribution in [3.63, 3.8) is 0 Å². The second-order valence-corrected chi connectivity index (χ2v) is 8.85. The van der Waals surface area contributed by atoms with Crippen LogP contribution in [0, 0.1) is 0 Å². The van der Waals surface area contributed by atoms with Gasteiger partial charge in [0.15, 0.2) is 9.84 Å². The SMILES string of the molecule is COc1ccc(S(=O)(=O)C2CN(C(=O)Nc3ccc(Cl)c(Cl)c3)C2)cc1. The molecule has 0 unspecified atom stereocenters. The molecule has 0 aromatic heterocycles. The molecule has 1 saturated heterocycles. The van der Waals surface area contributed by atoms with Crippen LogP contribution < -0.4 is 10.1 Å². The van der Waals surface area contributed by atoms with Crippen LogP contribution in [0.3, 0.4) is 0 Å². The molecular formula is C17H16Cl2N2O4S. The van der Waals surface area contributed by atoms with Crippen molar-refractivity contribution in [2.45, 2.75) is 10.1 Å². The predicted octanol–water partition coefficient (Wildman–Crippen LogP) is 3.69. The van der Waals surface area contributed by atoms with E-state index in [-0.39, 0.29) is 24.0 Å². The molecule has 9 heteroatoms. The van der Waals surface area contributed by atoms with Crippen LogP contribution in [-0.2, 0) is 9.84 Å². The van der Waals surface area contributed by atoms with Gasteiger partial charge in [-0.1, -0.05) is 23.2 Å². The van der Waals surface area contributed by atoms with Crippen molar-refractivity contribution >= 4 is 44.8 Å². The lowest BCUT2D eigenvalue weighted by Gasteiger charge is -2.38. The van der Waals surface area contributed by atoms with Gasteiger partial charge in [0.1, 0.15) is 11.0 Å². The van der Waals surface area contributed by atoms with E-state index in [1.807, 2.05) is 0 Å². The number of rotatable bonds is 4. The largest absolute Gasteiger partial charge is 0.497 e. The summed E-state index contributed by atoms with van der Waals surface area (Å²) < 4.78 is 30.2. The van der Waals surface area contributed by atoms with E-state index >= 15 is 0 Å². The maximum atomic E-state index is 12.6. The Morgan fingerprint density at radius 2 is 1.77 bits per heavy atom. The Morgan fingerprint density at radius 1 is 1.12 bits per heavy atom. The van der Waals surface area contributed by atoms with E-state index in [9.17, 15) is 13.2 Å². The number of carbonyl (C=O) groups excluding carboxylic acids is 1. The smallest absolute Gasteiger partial charge is 0.321 e. The normalized spacial score (nSPS) is 14.7. The maximum Gasteiger partial charge on any atom is 0.321 e. The van der Waals surface area contributed by atoms with Gasteiger partial charge >= 0.3 is 6.03 Å². The number of urea groups is 1. The fourth-order valence-electron chi connectivity index (χ4n) is 2.53. The quantitative estimate of drug-likeness (QED) is 0.827. The number of nitrogens with zero attached hydrogens (tertiary/aromatic N) is 1. The predicted molar refractivity (Wildman–Crippen MR) is 101 cm³/mol. The average molecular weight is 415 g/mol.